The number of carbonyl (C=O) groups is 1. The van der Waals surface area contributed by atoms with Gasteiger partial charge in [0.05, 0.1) is 4.92 Å². The van der Waals surface area contributed by atoms with E-state index in [-0.39, 0.29) is 11.1 Å². The zero-order valence-electron chi connectivity index (χ0n) is 10.9. The number of nitrogens with one attached hydrogen (secondary N) is 1. The van der Waals surface area contributed by atoms with Gasteiger partial charge >= 0.3 is 5.97 Å². The Morgan fingerprint density at radius 1 is 1.47 bits per heavy atom. The molecule has 104 valence electrons. The van der Waals surface area contributed by atoms with Crippen molar-refractivity contribution in [2.75, 3.05) is 11.9 Å². The molecule has 0 atom stereocenters. The molecule has 0 amide bonds. The van der Waals surface area contributed by atoms with Gasteiger partial charge in [0.1, 0.15) is 17.1 Å². The van der Waals surface area contributed by atoms with Gasteiger partial charge in [0.15, 0.2) is 0 Å². The first-order chi connectivity index (χ1) is 8.61. The van der Waals surface area contributed by atoms with E-state index >= 15 is 0 Å². The first-order valence-electron chi connectivity index (χ1n) is 5.57. The summed E-state index contributed by atoms with van der Waals surface area (Å²) in [4.78, 5) is 20.9. The number of benzene rings is 1. The van der Waals surface area contributed by atoms with E-state index in [4.69, 9.17) is 5.11 Å². The lowest BCUT2D eigenvalue weighted by atomic mass is 9.97. The number of carboxylic acid groups (broad SMARTS) is 1. The highest BCUT2D eigenvalue weighted by Gasteiger charge is 2.22. The quantitative estimate of drug-likeness (QED) is 0.648. The van der Waals surface area contributed by atoms with E-state index in [0.717, 1.165) is 12.1 Å². The van der Waals surface area contributed by atoms with E-state index in [2.05, 4.69) is 5.32 Å². The van der Waals surface area contributed by atoms with Crippen molar-refractivity contribution >= 4 is 17.3 Å². The third-order valence-corrected chi connectivity index (χ3v) is 2.32. The molecule has 0 spiro atoms. The lowest BCUT2D eigenvalue weighted by Crippen LogP contribution is -2.20. The van der Waals surface area contributed by atoms with Gasteiger partial charge in [-0.2, -0.15) is 0 Å². The summed E-state index contributed by atoms with van der Waals surface area (Å²) in [6.07, 6.45) is 0. The van der Waals surface area contributed by atoms with Crippen LogP contribution in [0.3, 0.4) is 0 Å². The molecule has 0 aliphatic heterocycles. The summed E-state index contributed by atoms with van der Waals surface area (Å²) in [5, 5.41) is 22.4. The lowest BCUT2D eigenvalue weighted by molar-refractivity contribution is -0.384. The number of anilines is 1. The number of nitrogens with zero attached hydrogens (tertiary/aromatic N) is 1. The van der Waals surface area contributed by atoms with Crippen LogP contribution in [-0.4, -0.2) is 22.5 Å². The summed E-state index contributed by atoms with van der Waals surface area (Å²) in [5.41, 5.74) is -1.35. The summed E-state index contributed by atoms with van der Waals surface area (Å²) >= 11 is 0. The van der Waals surface area contributed by atoms with Gasteiger partial charge < -0.3 is 10.4 Å². The van der Waals surface area contributed by atoms with Crippen LogP contribution in [0.25, 0.3) is 0 Å². The molecule has 0 unspecified atom stereocenters. The molecule has 1 aromatic rings. The molecule has 0 aliphatic rings. The van der Waals surface area contributed by atoms with Crippen LogP contribution in [0.5, 0.6) is 0 Å². The van der Waals surface area contributed by atoms with Crippen molar-refractivity contribution in [2.45, 2.75) is 20.8 Å². The van der Waals surface area contributed by atoms with Gasteiger partial charge in [-0.15, -0.1) is 0 Å². The number of nitro benzene ring substituents is 1. The Morgan fingerprint density at radius 2 is 2.05 bits per heavy atom. The van der Waals surface area contributed by atoms with Gasteiger partial charge in [-0.05, 0) is 5.41 Å². The molecule has 0 heterocycles. The summed E-state index contributed by atoms with van der Waals surface area (Å²) < 4.78 is 13.5. The number of halogens is 1. The normalized spacial score (nSPS) is 11.2. The molecule has 0 aliphatic carbocycles. The highest BCUT2D eigenvalue weighted by atomic mass is 19.1. The van der Waals surface area contributed by atoms with Crippen LogP contribution in [0.15, 0.2) is 12.1 Å². The van der Waals surface area contributed by atoms with Crippen LogP contribution in [0.4, 0.5) is 15.8 Å². The van der Waals surface area contributed by atoms with Crippen molar-refractivity contribution in [1.82, 2.24) is 0 Å². The number of rotatable bonds is 4. The molecule has 19 heavy (non-hydrogen) atoms. The zero-order chi connectivity index (χ0) is 14.8. The Kier molecular flexibility index (Phi) is 4.08. The molecule has 0 radical (unpaired) electrons. The SMILES string of the molecule is CC(C)(C)CNc1cc(F)c(C(=O)O)cc1[N+](=O)[O-]. The van der Waals surface area contributed by atoms with Crippen LogP contribution >= 0.6 is 0 Å². The second kappa shape index (κ2) is 5.21. The van der Waals surface area contributed by atoms with Gasteiger partial charge in [-0.3, -0.25) is 10.1 Å². The van der Waals surface area contributed by atoms with Crippen LogP contribution in [0.2, 0.25) is 0 Å². The van der Waals surface area contributed by atoms with Crippen molar-refractivity contribution in [3.05, 3.63) is 33.6 Å². The number of hydrogen-bond donors (Lipinski definition) is 2. The summed E-state index contributed by atoms with van der Waals surface area (Å²) in [5.74, 6) is -2.54. The molecule has 7 heteroatoms. The maximum Gasteiger partial charge on any atom is 0.338 e. The fourth-order valence-corrected chi connectivity index (χ4v) is 1.38. The van der Waals surface area contributed by atoms with Crippen LogP contribution in [0, 0.1) is 21.3 Å². The lowest BCUT2D eigenvalue weighted by Gasteiger charge is -2.19. The summed E-state index contributed by atoms with van der Waals surface area (Å²) in [7, 11) is 0. The fraction of sp³-hybridized carbons (Fsp3) is 0.417. The van der Waals surface area contributed by atoms with Crippen molar-refractivity contribution in [3.63, 3.8) is 0 Å². The predicted octanol–water partition coefficient (Wildman–Crippen LogP) is 2.89. The molecule has 0 aromatic heterocycles. The van der Waals surface area contributed by atoms with E-state index in [9.17, 15) is 19.3 Å². The summed E-state index contributed by atoms with van der Waals surface area (Å²) in [6.45, 7) is 6.12. The minimum absolute atomic E-state index is 0.0255. The monoisotopic (exact) mass is 270 g/mol. The van der Waals surface area contributed by atoms with Gasteiger partial charge in [0, 0.05) is 18.7 Å². The topological polar surface area (TPSA) is 92.5 Å². The smallest absolute Gasteiger partial charge is 0.338 e. The van der Waals surface area contributed by atoms with Gasteiger partial charge in [-0.25, -0.2) is 9.18 Å². The third-order valence-electron chi connectivity index (χ3n) is 2.32. The minimum atomic E-state index is -1.54. The fourth-order valence-electron chi connectivity index (χ4n) is 1.38. The van der Waals surface area contributed by atoms with Crippen LogP contribution < -0.4 is 5.32 Å². The van der Waals surface area contributed by atoms with Crippen molar-refractivity contribution < 1.29 is 19.2 Å². The molecular formula is C12H15FN2O4. The number of nitro groups is 1. The maximum absolute atomic E-state index is 13.5. The highest BCUT2D eigenvalue weighted by molar-refractivity contribution is 5.90. The molecule has 1 rings (SSSR count). The molecule has 0 saturated carbocycles. The Hall–Kier alpha value is -2.18. The highest BCUT2D eigenvalue weighted by Crippen LogP contribution is 2.29. The van der Waals surface area contributed by atoms with Crippen molar-refractivity contribution in [3.8, 4) is 0 Å². The third kappa shape index (κ3) is 3.90. The Balaban J connectivity index is 3.20. The standard InChI is InChI=1S/C12H15FN2O4/c1-12(2,3)6-14-9-5-8(13)7(11(16)17)4-10(9)15(18)19/h4-5,14H,6H2,1-3H3,(H,16,17). The Labute approximate surface area is 109 Å². The molecular weight excluding hydrogens is 255 g/mol. The molecule has 2 N–H and O–H groups in total. The average molecular weight is 270 g/mol. The number of carboxylic acids is 1. The largest absolute Gasteiger partial charge is 0.478 e. The molecule has 0 saturated heterocycles. The van der Waals surface area contributed by atoms with E-state index in [0.29, 0.717) is 6.54 Å². The molecule has 6 nitrogen and oxygen atoms in total. The second-order valence-corrected chi connectivity index (χ2v) is 5.33. The zero-order valence-corrected chi connectivity index (χ0v) is 10.9. The van der Waals surface area contributed by atoms with Crippen molar-refractivity contribution in [2.24, 2.45) is 5.41 Å². The molecule has 1 aromatic carbocycles. The number of aromatic carboxylic acids is 1. The van der Waals surface area contributed by atoms with Gasteiger partial charge in [-0.1, -0.05) is 20.8 Å². The van der Waals surface area contributed by atoms with Gasteiger partial charge in [0.25, 0.3) is 5.69 Å². The van der Waals surface area contributed by atoms with E-state index in [1.54, 1.807) is 0 Å². The maximum atomic E-state index is 13.5. The first-order valence-corrected chi connectivity index (χ1v) is 5.57. The van der Waals surface area contributed by atoms with Gasteiger partial charge in [0.2, 0.25) is 0 Å². The predicted molar refractivity (Wildman–Crippen MR) is 68.0 cm³/mol. The van der Waals surface area contributed by atoms with E-state index < -0.39 is 28.0 Å². The minimum Gasteiger partial charge on any atom is -0.478 e. The van der Waals surface area contributed by atoms with Crippen LogP contribution in [-0.2, 0) is 0 Å². The van der Waals surface area contributed by atoms with Crippen LogP contribution in [0.1, 0.15) is 31.1 Å². The summed E-state index contributed by atoms with van der Waals surface area (Å²) in [6, 6.07) is 1.57. The first kappa shape index (κ1) is 14.9. The molecule has 0 fully saturated rings. The van der Waals surface area contributed by atoms with Crippen molar-refractivity contribution in [1.29, 1.82) is 0 Å². The second-order valence-electron chi connectivity index (χ2n) is 5.33. The van der Waals surface area contributed by atoms with E-state index in [1.807, 2.05) is 20.8 Å². The number of hydrogen-bond acceptors (Lipinski definition) is 4. The molecule has 0 bridgehead atoms. The Bertz CT molecular complexity index is 523. The Morgan fingerprint density at radius 3 is 2.47 bits per heavy atom. The average Bonchev–Trinajstić information content (AvgIpc) is 2.24. The van der Waals surface area contributed by atoms with E-state index in [1.165, 1.54) is 0 Å².